The molecule has 0 saturated heterocycles. The molecule has 1 aliphatic heterocycles. The Balaban J connectivity index is 2.06. The molecule has 1 aliphatic carbocycles. The summed E-state index contributed by atoms with van der Waals surface area (Å²) in [5.41, 5.74) is 5.75. The predicted octanol–water partition coefficient (Wildman–Crippen LogP) is 1.99. The number of pyridine rings is 1. The van der Waals surface area contributed by atoms with Gasteiger partial charge in [-0.1, -0.05) is 30.3 Å². The molecule has 4 rings (SSSR count). The van der Waals surface area contributed by atoms with Crippen LogP contribution in [-0.2, 0) is 19.3 Å². The van der Waals surface area contributed by atoms with Crippen LogP contribution in [0.5, 0.6) is 0 Å². The lowest BCUT2D eigenvalue weighted by molar-refractivity contribution is 0.0724. The van der Waals surface area contributed by atoms with Crippen molar-refractivity contribution in [3.05, 3.63) is 57.5 Å². The van der Waals surface area contributed by atoms with Gasteiger partial charge in [0.25, 0.3) is 5.56 Å². The number of benzene rings is 1. The number of nitrogens with zero attached hydrogens (tertiary/aromatic N) is 1. The monoisotopic (exact) mass is 253 g/mol. The van der Waals surface area contributed by atoms with E-state index in [-0.39, 0.29) is 5.56 Å². The second-order valence-corrected chi connectivity index (χ2v) is 5.18. The van der Waals surface area contributed by atoms with Gasteiger partial charge in [0.2, 0.25) is 0 Å². The van der Waals surface area contributed by atoms with E-state index in [4.69, 9.17) is 4.84 Å². The lowest BCUT2D eigenvalue weighted by Crippen LogP contribution is -2.40. The number of aromatic nitrogens is 1. The maximum atomic E-state index is 12.3. The van der Waals surface area contributed by atoms with Crippen molar-refractivity contribution in [1.29, 1.82) is 0 Å². The molecule has 2 heterocycles. The van der Waals surface area contributed by atoms with E-state index in [1.54, 1.807) is 4.73 Å². The van der Waals surface area contributed by atoms with Crippen molar-refractivity contribution in [3.63, 3.8) is 0 Å². The minimum atomic E-state index is 0.0654. The van der Waals surface area contributed by atoms with Crippen LogP contribution in [-0.4, -0.2) is 11.3 Å². The largest absolute Gasteiger partial charge is 0.411 e. The van der Waals surface area contributed by atoms with Gasteiger partial charge in [0.1, 0.15) is 6.61 Å². The number of fused-ring (bicyclic) bond motifs is 2. The van der Waals surface area contributed by atoms with Crippen LogP contribution in [0.15, 0.2) is 35.1 Å². The molecule has 0 unspecified atom stereocenters. The maximum Gasteiger partial charge on any atom is 0.286 e. The van der Waals surface area contributed by atoms with Gasteiger partial charge in [-0.15, -0.1) is 4.73 Å². The summed E-state index contributed by atoms with van der Waals surface area (Å²) >= 11 is 0. The van der Waals surface area contributed by atoms with Crippen molar-refractivity contribution < 1.29 is 4.84 Å². The van der Waals surface area contributed by atoms with Gasteiger partial charge in [-0.3, -0.25) is 4.79 Å². The minimum absolute atomic E-state index is 0.0654. The van der Waals surface area contributed by atoms with Crippen molar-refractivity contribution in [3.8, 4) is 11.1 Å². The van der Waals surface area contributed by atoms with Crippen LogP contribution in [0.2, 0.25) is 0 Å². The molecular formula is C16H15NO2. The second-order valence-electron chi connectivity index (χ2n) is 5.18. The van der Waals surface area contributed by atoms with E-state index < -0.39 is 0 Å². The van der Waals surface area contributed by atoms with Gasteiger partial charge in [-0.05, 0) is 36.8 Å². The van der Waals surface area contributed by atoms with E-state index in [1.807, 2.05) is 18.2 Å². The Morgan fingerprint density at radius 1 is 1.00 bits per heavy atom. The van der Waals surface area contributed by atoms with Crippen LogP contribution in [0.1, 0.15) is 23.2 Å². The van der Waals surface area contributed by atoms with E-state index in [9.17, 15) is 4.79 Å². The van der Waals surface area contributed by atoms with E-state index in [0.717, 1.165) is 36.9 Å². The molecule has 96 valence electrons. The van der Waals surface area contributed by atoms with Gasteiger partial charge in [-0.25, -0.2) is 0 Å². The molecule has 1 aromatic carbocycles. The van der Waals surface area contributed by atoms with Crippen molar-refractivity contribution in [2.75, 3.05) is 6.61 Å². The van der Waals surface area contributed by atoms with Crippen molar-refractivity contribution >= 4 is 0 Å². The Kier molecular flexibility index (Phi) is 2.28. The minimum Gasteiger partial charge on any atom is -0.411 e. The molecule has 0 N–H and O–H groups in total. The van der Waals surface area contributed by atoms with Gasteiger partial charge in [-0.2, -0.15) is 0 Å². The standard InChI is InChI=1S/C16H15NO2/c18-16-13-9-8-12(13)15(11-5-2-1-3-6-11)14-7-4-10-19-17(14)16/h1-3,5-6H,4,7-10H2. The molecule has 0 bridgehead atoms. The highest BCUT2D eigenvalue weighted by Gasteiger charge is 2.29. The summed E-state index contributed by atoms with van der Waals surface area (Å²) in [6.07, 6.45) is 3.81. The summed E-state index contributed by atoms with van der Waals surface area (Å²) in [5, 5.41) is 0. The highest BCUT2D eigenvalue weighted by Crippen LogP contribution is 2.35. The van der Waals surface area contributed by atoms with Gasteiger partial charge in [0.15, 0.2) is 0 Å². The van der Waals surface area contributed by atoms with Crippen molar-refractivity contribution in [1.82, 2.24) is 4.73 Å². The highest BCUT2D eigenvalue weighted by atomic mass is 16.7. The van der Waals surface area contributed by atoms with Gasteiger partial charge in [0.05, 0.1) is 5.69 Å². The molecule has 0 fully saturated rings. The fourth-order valence-electron chi connectivity index (χ4n) is 3.11. The first kappa shape index (κ1) is 10.9. The third-order valence-corrected chi connectivity index (χ3v) is 4.11. The number of rotatable bonds is 1. The van der Waals surface area contributed by atoms with Crippen LogP contribution < -0.4 is 10.4 Å². The van der Waals surface area contributed by atoms with Crippen LogP contribution in [0.3, 0.4) is 0 Å². The molecule has 2 aromatic rings. The second kappa shape index (κ2) is 3.98. The van der Waals surface area contributed by atoms with E-state index in [1.165, 1.54) is 16.7 Å². The number of hydrogen-bond donors (Lipinski definition) is 0. The first-order valence-corrected chi connectivity index (χ1v) is 6.84. The molecule has 0 amide bonds. The van der Waals surface area contributed by atoms with E-state index in [2.05, 4.69) is 12.1 Å². The molecular weight excluding hydrogens is 238 g/mol. The lowest BCUT2D eigenvalue weighted by Gasteiger charge is -2.30. The predicted molar refractivity (Wildman–Crippen MR) is 73.3 cm³/mol. The molecule has 3 heteroatoms. The first-order chi connectivity index (χ1) is 9.36. The molecule has 19 heavy (non-hydrogen) atoms. The van der Waals surface area contributed by atoms with Crippen LogP contribution >= 0.6 is 0 Å². The lowest BCUT2D eigenvalue weighted by atomic mass is 9.82. The zero-order valence-electron chi connectivity index (χ0n) is 10.7. The highest BCUT2D eigenvalue weighted by molar-refractivity contribution is 5.73. The molecule has 0 radical (unpaired) electrons. The normalized spacial score (nSPS) is 16.0. The van der Waals surface area contributed by atoms with E-state index >= 15 is 0 Å². The molecule has 0 spiro atoms. The Labute approximate surface area is 111 Å². The Hall–Kier alpha value is -2.03. The average molecular weight is 253 g/mol. The Morgan fingerprint density at radius 3 is 2.53 bits per heavy atom. The van der Waals surface area contributed by atoms with Crippen molar-refractivity contribution in [2.24, 2.45) is 0 Å². The first-order valence-electron chi connectivity index (χ1n) is 6.84. The quantitative estimate of drug-likeness (QED) is 0.778. The summed E-state index contributed by atoms with van der Waals surface area (Å²) < 4.78 is 1.55. The molecule has 2 aliphatic rings. The average Bonchev–Trinajstić information content (AvgIpc) is 2.43. The van der Waals surface area contributed by atoms with Gasteiger partial charge < -0.3 is 4.84 Å². The van der Waals surface area contributed by atoms with E-state index in [0.29, 0.717) is 6.61 Å². The fourth-order valence-corrected chi connectivity index (χ4v) is 3.11. The Morgan fingerprint density at radius 2 is 1.79 bits per heavy atom. The van der Waals surface area contributed by atoms with Crippen LogP contribution in [0.25, 0.3) is 11.1 Å². The topological polar surface area (TPSA) is 31.2 Å². The summed E-state index contributed by atoms with van der Waals surface area (Å²) in [6, 6.07) is 10.4. The number of hydrogen-bond acceptors (Lipinski definition) is 2. The van der Waals surface area contributed by atoms with Crippen LogP contribution in [0, 0.1) is 0 Å². The van der Waals surface area contributed by atoms with Gasteiger partial charge in [0, 0.05) is 11.1 Å². The third kappa shape index (κ3) is 1.47. The summed E-state index contributed by atoms with van der Waals surface area (Å²) in [6.45, 7) is 0.639. The molecule has 3 nitrogen and oxygen atoms in total. The zero-order chi connectivity index (χ0) is 12.8. The van der Waals surface area contributed by atoms with Crippen molar-refractivity contribution in [2.45, 2.75) is 25.7 Å². The molecule has 0 atom stereocenters. The summed E-state index contributed by atoms with van der Waals surface area (Å²) in [5.74, 6) is 0. The van der Waals surface area contributed by atoms with Gasteiger partial charge >= 0.3 is 0 Å². The SMILES string of the molecule is O=c1c2c(c(-c3ccccc3)c3n1OCCC3)CC2. The Bertz CT molecular complexity index is 701. The molecule has 0 saturated carbocycles. The third-order valence-electron chi connectivity index (χ3n) is 4.11. The molecule has 1 aromatic heterocycles. The smallest absolute Gasteiger partial charge is 0.286 e. The maximum absolute atomic E-state index is 12.3. The summed E-state index contributed by atoms with van der Waals surface area (Å²) in [7, 11) is 0. The van der Waals surface area contributed by atoms with Crippen LogP contribution in [0.4, 0.5) is 0 Å². The zero-order valence-corrected chi connectivity index (χ0v) is 10.7. The summed E-state index contributed by atoms with van der Waals surface area (Å²) in [4.78, 5) is 17.9. The fraction of sp³-hybridized carbons (Fsp3) is 0.312.